The number of aromatic nitrogens is 2. The van der Waals surface area contributed by atoms with Crippen molar-refractivity contribution in [2.24, 2.45) is 7.05 Å². The number of hydrogen-bond donors (Lipinski definition) is 1. The molecular formula is C17H23N3. The Morgan fingerprint density at radius 2 is 2.05 bits per heavy atom. The van der Waals surface area contributed by atoms with Gasteiger partial charge in [0.2, 0.25) is 0 Å². The van der Waals surface area contributed by atoms with Gasteiger partial charge in [-0.05, 0) is 43.2 Å². The van der Waals surface area contributed by atoms with Crippen LogP contribution in [-0.4, -0.2) is 22.4 Å². The first kappa shape index (κ1) is 13.4. The van der Waals surface area contributed by atoms with E-state index in [0.717, 1.165) is 25.4 Å². The molecule has 1 aliphatic rings. The highest BCUT2D eigenvalue weighted by Crippen LogP contribution is 2.24. The van der Waals surface area contributed by atoms with E-state index in [-0.39, 0.29) is 0 Å². The van der Waals surface area contributed by atoms with Gasteiger partial charge in [-0.1, -0.05) is 30.3 Å². The molecule has 1 unspecified atom stereocenters. The summed E-state index contributed by atoms with van der Waals surface area (Å²) in [5.41, 5.74) is 2.64. The molecule has 0 amide bonds. The number of rotatable bonds is 7. The highest BCUT2D eigenvalue weighted by molar-refractivity contribution is 5.20. The van der Waals surface area contributed by atoms with Crippen molar-refractivity contribution < 1.29 is 0 Å². The van der Waals surface area contributed by atoms with E-state index in [2.05, 4.69) is 46.8 Å². The van der Waals surface area contributed by atoms with Gasteiger partial charge in [0, 0.05) is 25.8 Å². The molecule has 0 spiro atoms. The summed E-state index contributed by atoms with van der Waals surface area (Å²) in [6, 6.07) is 13.8. The molecule has 20 heavy (non-hydrogen) atoms. The van der Waals surface area contributed by atoms with Gasteiger partial charge in [-0.15, -0.1) is 0 Å². The van der Waals surface area contributed by atoms with E-state index >= 15 is 0 Å². The molecule has 2 aromatic rings. The zero-order chi connectivity index (χ0) is 13.8. The lowest BCUT2D eigenvalue weighted by Gasteiger charge is -2.17. The van der Waals surface area contributed by atoms with Crippen LogP contribution in [0.4, 0.5) is 0 Å². The number of hydrogen-bond acceptors (Lipinski definition) is 2. The summed E-state index contributed by atoms with van der Waals surface area (Å²) in [5.74, 6) is 0.582. The van der Waals surface area contributed by atoms with E-state index in [4.69, 9.17) is 0 Å². The summed E-state index contributed by atoms with van der Waals surface area (Å²) in [6.45, 7) is 1.08. The van der Waals surface area contributed by atoms with Gasteiger partial charge >= 0.3 is 0 Å². The molecule has 1 fully saturated rings. The van der Waals surface area contributed by atoms with Gasteiger partial charge in [-0.2, -0.15) is 5.10 Å². The third kappa shape index (κ3) is 3.70. The predicted molar refractivity (Wildman–Crippen MR) is 81.7 cm³/mol. The van der Waals surface area contributed by atoms with Gasteiger partial charge in [-0.25, -0.2) is 0 Å². The molecule has 0 aliphatic heterocycles. The summed E-state index contributed by atoms with van der Waals surface area (Å²) in [7, 11) is 1.98. The lowest BCUT2D eigenvalue weighted by atomic mass is 9.93. The largest absolute Gasteiger partial charge is 0.313 e. The van der Waals surface area contributed by atoms with Crippen LogP contribution in [0.25, 0.3) is 0 Å². The standard InChI is InChI=1S/C17H23N3/c1-20-12-11-17(19-20)8-7-15(13-18-16-9-10-16)14-5-3-2-4-6-14/h2-6,11-12,15-16,18H,7-10,13H2,1H3. The Kier molecular flexibility index (Phi) is 4.16. The summed E-state index contributed by atoms with van der Waals surface area (Å²) >= 11 is 0. The zero-order valence-electron chi connectivity index (χ0n) is 12.1. The highest BCUT2D eigenvalue weighted by atomic mass is 15.2. The first-order valence-corrected chi connectivity index (χ1v) is 7.58. The number of benzene rings is 1. The normalized spacial score (nSPS) is 16.2. The summed E-state index contributed by atoms with van der Waals surface area (Å²) in [5, 5.41) is 8.15. The summed E-state index contributed by atoms with van der Waals surface area (Å²) < 4.78 is 1.88. The zero-order valence-corrected chi connectivity index (χ0v) is 12.1. The fourth-order valence-electron chi connectivity index (χ4n) is 2.63. The Bertz CT molecular complexity index is 528. The third-order valence-corrected chi connectivity index (χ3v) is 4.02. The topological polar surface area (TPSA) is 29.9 Å². The van der Waals surface area contributed by atoms with E-state index in [1.54, 1.807) is 0 Å². The average Bonchev–Trinajstić information content (AvgIpc) is 3.21. The maximum absolute atomic E-state index is 4.48. The van der Waals surface area contributed by atoms with Crippen molar-refractivity contribution >= 4 is 0 Å². The lowest BCUT2D eigenvalue weighted by Crippen LogP contribution is -2.24. The minimum atomic E-state index is 0.582. The van der Waals surface area contributed by atoms with Crippen LogP contribution in [0.3, 0.4) is 0 Å². The van der Waals surface area contributed by atoms with Crippen molar-refractivity contribution in [3.63, 3.8) is 0 Å². The molecular weight excluding hydrogens is 246 g/mol. The van der Waals surface area contributed by atoms with E-state index in [9.17, 15) is 0 Å². The van der Waals surface area contributed by atoms with Gasteiger partial charge in [0.15, 0.2) is 0 Å². The number of aryl methyl sites for hydroxylation is 2. The molecule has 1 aliphatic carbocycles. The summed E-state index contributed by atoms with van der Waals surface area (Å²) in [4.78, 5) is 0. The summed E-state index contributed by atoms with van der Waals surface area (Å²) in [6.07, 6.45) is 6.92. The van der Waals surface area contributed by atoms with Gasteiger partial charge in [0.25, 0.3) is 0 Å². The minimum Gasteiger partial charge on any atom is -0.313 e. The molecule has 3 nitrogen and oxygen atoms in total. The van der Waals surface area contributed by atoms with Crippen molar-refractivity contribution in [1.82, 2.24) is 15.1 Å². The number of nitrogens with zero attached hydrogens (tertiary/aromatic N) is 2. The smallest absolute Gasteiger partial charge is 0.0624 e. The monoisotopic (exact) mass is 269 g/mol. The van der Waals surface area contributed by atoms with Gasteiger partial charge in [-0.3, -0.25) is 4.68 Å². The van der Waals surface area contributed by atoms with Crippen molar-refractivity contribution in [3.05, 3.63) is 53.9 Å². The van der Waals surface area contributed by atoms with Crippen LogP contribution in [0.5, 0.6) is 0 Å². The Hall–Kier alpha value is -1.61. The first-order valence-electron chi connectivity index (χ1n) is 7.58. The molecule has 1 N–H and O–H groups in total. The highest BCUT2D eigenvalue weighted by Gasteiger charge is 2.22. The van der Waals surface area contributed by atoms with E-state index in [1.165, 1.54) is 24.1 Å². The second-order valence-corrected chi connectivity index (χ2v) is 5.81. The number of nitrogens with one attached hydrogen (secondary N) is 1. The predicted octanol–water partition coefficient (Wildman–Crippen LogP) is 2.89. The fraction of sp³-hybridized carbons (Fsp3) is 0.471. The second-order valence-electron chi connectivity index (χ2n) is 5.81. The van der Waals surface area contributed by atoms with Crippen LogP contribution in [-0.2, 0) is 13.5 Å². The van der Waals surface area contributed by atoms with Crippen molar-refractivity contribution in [2.75, 3.05) is 6.54 Å². The molecule has 1 atom stereocenters. The van der Waals surface area contributed by atoms with Gasteiger partial charge < -0.3 is 5.32 Å². The maximum Gasteiger partial charge on any atom is 0.0624 e. The molecule has 106 valence electrons. The molecule has 3 rings (SSSR count). The van der Waals surface area contributed by atoms with Crippen LogP contribution in [0.2, 0.25) is 0 Å². The molecule has 1 heterocycles. The Morgan fingerprint density at radius 1 is 1.25 bits per heavy atom. The van der Waals surface area contributed by atoms with E-state index in [1.807, 2.05) is 17.9 Å². The van der Waals surface area contributed by atoms with Crippen LogP contribution in [0.1, 0.15) is 36.4 Å². The van der Waals surface area contributed by atoms with Crippen LogP contribution in [0.15, 0.2) is 42.6 Å². The fourth-order valence-corrected chi connectivity index (χ4v) is 2.63. The average molecular weight is 269 g/mol. The Morgan fingerprint density at radius 3 is 2.70 bits per heavy atom. The molecule has 0 saturated heterocycles. The van der Waals surface area contributed by atoms with Crippen LogP contribution >= 0.6 is 0 Å². The lowest BCUT2D eigenvalue weighted by molar-refractivity contribution is 0.543. The minimum absolute atomic E-state index is 0.582. The molecule has 1 aromatic carbocycles. The van der Waals surface area contributed by atoms with E-state index < -0.39 is 0 Å². The van der Waals surface area contributed by atoms with Crippen LogP contribution in [0, 0.1) is 0 Å². The molecule has 1 saturated carbocycles. The van der Waals surface area contributed by atoms with E-state index in [0.29, 0.717) is 5.92 Å². The molecule has 0 bridgehead atoms. The molecule has 0 radical (unpaired) electrons. The second kappa shape index (κ2) is 6.23. The maximum atomic E-state index is 4.48. The van der Waals surface area contributed by atoms with Crippen molar-refractivity contribution in [1.29, 1.82) is 0 Å². The van der Waals surface area contributed by atoms with Crippen LogP contribution < -0.4 is 5.32 Å². The van der Waals surface area contributed by atoms with Crippen molar-refractivity contribution in [3.8, 4) is 0 Å². The molecule has 1 aromatic heterocycles. The first-order chi connectivity index (χ1) is 9.81. The Labute approximate surface area is 121 Å². The Balaban J connectivity index is 1.61. The van der Waals surface area contributed by atoms with Gasteiger partial charge in [0.1, 0.15) is 0 Å². The van der Waals surface area contributed by atoms with Gasteiger partial charge in [0.05, 0.1) is 5.69 Å². The third-order valence-electron chi connectivity index (χ3n) is 4.02. The molecule has 3 heteroatoms. The van der Waals surface area contributed by atoms with Crippen molar-refractivity contribution in [2.45, 2.75) is 37.6 Å². The SMILES string of the molecule is Cn1ccc(CCC(CNC2CC2)c2ccccc2)n1. The quantitative estimate of drug-likeness (QED) is 0.837.